The molecule has 0 amide bonds. The van der Waals surface area contributed by atoms with Gasteiger partial charge in [-0.15, -0.1) is 0 Å². The van der Waals surface area contributed by atoms with E-state index in [4.69, 9.17) is 9.47 Å². The molecular formula is C15H23NO2. The molecule has 1 aliphatic heterocycles. The SMILES string of the molecule is CCCC1(C)CNCC(c2cccc(OC)c2)O1. The van der Waals surface area contributed by atoms with E-state index in [9.17, 15) is 0 Å². The van der Waals surface area contributed by atoms with Gasteiger partial charge < -0.3 is 14.8 Å². The molecule has 0 bridgehead atoms. The van der Waals surface area contributed by atoms with Gasteiger partial charge in [-0.05, 0) is 31.0 Å². The van der Waals surface area contributed by atoms with Crippen LogP contribution in [0.25, 0.3) is 0 Å². The minimum absolute atomic E-state index is 0.0548. The van der Waals surface area contributed by atoms with Crippen LogP contribution in [0.5, 0.6) is 5.75 Å². The number of hydrogen-bond acceptors (Lipinski definition) is 3. The van der Waals surface area contributed by atoms with E-state index in [1.807, 2.05) is 12.1 Å². The first-order chi connectivity index (χ1) is 8.67. The fourth-order valence-electron chi connectivity index (χ4n) is 2.60. The highest BCUT2D eigenvalue weighted by Crippen LogP contribution is 2.31. The van der Waals surface area contributed by atoms with Crippen LogP contribution in [0.3, 0.4) is 0 Å². The third kappa shape index (κ3) is 3.03. The van der Waals surface area contributed by atoms with Crippen molar-refractivity contribution >= 4 is 0 Å². The highest BCUT2D eigenvalue weighted by molar-refractivity contribution is 5.30. The average Bonchev–Trinajstić information content (AvgIpc) is 2.39. The molecule has 1 saturated heterocycles. The van der Waals surface area contributed by atoms with Crippen LogP contribution < -0.4 is 10.1 Å². The second-order valence-corrected chi connectivity index (χ2v) is 5.21. The first-order valence-corrected chi connectivity index (χ1v) is 6.69. The lowest BCUT2D eigenvalue weighted by Crippen LogP contribution is -2.48. The van der Waals surface area contributed by atoms with E-state index in [1.165, 1.54) is 5.56 Å². The molecule has 1 aliphatic rings. The Kier molecular flexibility index (Phi) is 4.25. The monoisotopic (exact) mass is 249 g/mol. The van der Waals surface area contributed by atoms with Gasteiger partial charge in [0.15, 0.2) is 0 Å². The molecule has 3 nitrogen and oxygen atoms in total. The van der Waals surface area contributed by atoms with Crippen molar-refractivity contribution in [3.63, 3.8) is 0 Å². The van der Waals surface area contributed by atoms with Crippen molar-refractivity contribution < 1.29 is 9.47 Å². The van der Waals surface area contributed by atoms with E-state index in [-0.39, 0.29) is 11.7 Å². The van der Waals surface area contributed by atoms with Crippen molar-refractivity contribution in [2.75, 3.05) is 20.2 Å². The van der Waals surface area contributed by atoms with Crippen molar-refractivity contribution in [1.82, 2.24) is 5.32 Å². The molecule has 100 valence electrons. The Morgan fingerprint density at radius 2 is 2.33 bits per heavy atom. The van der Waals surface area contributed by atoms with Gasteiger partial charge in [0.25, 0.3) is 0 Å². The Balaban J connectivity index is 2.12. The molecule has 0 saturated carbocycles. The van der Waals surface area contributed by atoms with Gasteiger partial charge in [0.05, 0.1) is 18.8 Å². The molecule has 1 fully saturated rings. The Morgan fingerprint density at radius 3 is 3.06 bits per heavy atom. The normalized spacial score (nSPS) is 28.1. The number of benzene rings is 1. The van der Waals surface area contributed by atoms with Gasteiger partial charge >= 0.3 is 0 Å². The molecule has 1 aromatic carbocycles. The molecule has 0 radical (unpaired) electrons. The van der Waals surface area contributed by atoms with E-state index in [1.54, 1.807) is 7.11 Å². The standard InChI is InChI=1S/C15H23NO2/c1-4-8-15(2)11-16-10-14(18-15)12-6-5-7-13(9-12)17-3/h5-7,9,14,16H,4,8,10-11H2,1-3H3. The molecule has 0 aliphatic carbocycles. The van der Waals surface area contributed by atoms with Crippen LogP contribution in [0.2, 0.25) is 0 Å². The number of ether oxygens (including phenoxy) is 2. The Bertz CT molecular complexity index is 390. The summed E-state index contributed by atoms with van der Waals surface area (Å²) in [6, 6.07) is 8.14. The quantitative estimate of drug-likeness (QED) is 0.890. The Morgan fingerprint density at radius 1 is 1.50 bits per heavy atom. The van der Waals surface area contributed by atoms with Gasteiger partial charge in [0.2, 0.25) is 0 Å². The van der Waals surface area contributed by atoms with Crippen molar-refractivity contribution in [3.05, 3.63) is 29.8 Å². The maximum Gasteiger partial charge on any atom is 0.119 e. The van der Waals surface area contributed by atoms with Crippen LogP contribution in [0.15, 0.2) is 24.3 Å². The molecule has 0 aromatic heterocycles. The van der Waals surface area contributed by atoms with Crippen molar-refractivity contribution in [2.45, 2.75) is 38.4 Å². The number of hydrogen-bond donors (Lipinski definition) is 1. The maximum absolute atomic E-state index is 6.28. The molecular weight excluding hydrogens is 226 g/mol. The van der Waals surface area contributed by atoms with Gasteiger partial charge in [-0.2, -0.15) is 0 Å². The molecule has 1 aromatic rings. The van der Waals surface area contributed by atoms with Gasteiger partial charge in [-0.3, -0.25) is 0 Å². The molecule has 18 heavy (non-hydrogen) atoms. The summed E-state index contributed by atoms with van der Waals surface area (Å²) in [5.41, 5.74) is 1.13. The lowest BCUT2D eigenvalue weighted by atomic mass is 9.96. The minimum Gasteiger partial charge on any atom is -0.497 e. The lowest BCUT2D eigenvalue weighted by Gasteiger charge is -2.39. The summed E-state index contributed by atoms with van der Waals surface area (Å²) in [7, 11) is 1.69. The fourth-order valence-corrected chi connectivity index (χ4v) is 2.60. The highest BCUT2D eigenvalue weighted by atomic mass is 16.5. The van der Waals surface area contributed by atoms with Crippen LogP contribution in [-0.4, -0.2) is 25.8 Å². The third-order valence-corrected chi connectivity index (χ3v) is 3.50. The number of methoxy groups -OCH3 is 1. The molecule has 2 rings (SSSR count). The van der Waals surface area contributed by atoms with Crippen molar-refractivity contribution in [1.29, 1.82) is 0 Å². The van der Waals surface area contributed by atoms with Crippen LogP contribution in [0.4, 0.5) is 0 Å². The zero-order chi connectivity index (χ0) is 13.0. The number of rotatable bonds is 4. The van der Waals surface area contributed by atoms with Crippen LogP contribution in [0.1, 0.15) is 38.4 Å². The van der Waals surface area contributed by atoms with Gasteiger partial charge in [-0.25, -0.2) is 0 Å². The predicted octanol–water partition coefficient (Wildman–Crippen LogP) is 2.91. The second kappa shape index (κ2) is 5.72. The molecule has 2 unspecified atom stereocenters. The zero-order valence-corrected chi connectivity index (χ0v) is 11.5. The summed E-state index contributed by atoms with van der Waals surface area (Å²) < 4.78 is 11.6. The van der Waals surface area contributed by atoms with Crippen LogP contribution >= 0.6 is 0 Å². The number of morpholine rings is 1. The van der Waals surface area contributed by atoms with Gasteiger partial charge in [0, 0.05) is 13.1 Å². The van der Waals surface area contributed by atoms with E-state index in [0.717, 1.165) is 31.7 Å². The van der Waals surface area contributed by atoms with E-state index < -0.39 is 0 Å². The first kappa shape index (κ1) is 13.4. The van der Waals surface area contributed by atoms with Crippen LogP contribution in [0, 0.1) is 0 Å². The lowest BCUT2D eigenvalue weighted by molar-refractivity contribution is -0.112. The van der Waals surface area contributed by atoms with E-state index in [0.29, 0.717) is 0 Å². The first-order valence-electron chi connectivity index (χ1n) is 6.69. The average molecular weight is 249 g/mol. The smallest absolute Gasteiger partial charge is 0.119 e. The fraction of sp³-hybridized carbons (Fsp3) is 0.600. The minimum atomic E-state index is -0.0548. The van der Waals surface area contributed by atoms with Crippen molar-refractivity contribution in [3.8, 4) is 5.75 Å². The van der Waals surface area contributed by atoms with Crippen molar-refractivity contribution in [2.24, 2.45) is 0 Å². The molecule has 3 heteroatoms. The summed E-state index contributed by atoms with van der Waals surface area (Å²) >= 11 is 0. The second-order valence-electron chi connectivity index (χ2n) is 5.21. The van der Waals surface area contributed by atoms with Gasteiger partial charge in [0.1, 0.15) is 5.75 Å². The third-order valence-electron chi connectivity index (χ3n) is 3.50. The molecule has 2 atom stereocenters. The maximum atomic E-state index is 6.28. The van der Waals surface area contributed by atoms with Crippen LogP contribution in [-0.2, 0) is 4.74 Å². The van der Waals surface area contributed by atoms with E-state index in [2.05, 4.69) is 31.3 Å². The topological polar surface area (TPSA) is 30.5 Å². The summed E-state index contributed by atoms with van der Waals surface area (Å²) in [6.45, 7) is 6.19. The Labute approximate surface area is 109 Å². The zero-order valence-electron chi connectivity index (χ0n) is 11.5. The predicted molar refractivity (Wildman–Crippen MR) is 73.0 cm³/mol. The molecule has 1 heterocycles. The molecule has 1 N–H and O–H groups in total. The summed E-state index contributed by atoms with van der Waals surface area (Å²) in [4.78, 5) is 0. The Hall–Kier alpha value is -1.06. The summed E-state index contributed by atoms with van der Waals surface area (Å²) in [6.07, 6.45) is 2.34. The van der Waals surface area contributed by atoms with E-state index >= 15 is 0 Å². The highest BCUT2D eigenvalue weighted by Gasteiger charge is 2.32. The van der Waals surface area contributed by atoms with Gasteiger partial charge in [-0.1, -0.05) is 25.5 Å². The summed E-state index contributed by atoms with van der Waals surface area (Å²) in [5.74, 6) is 0.888. The summed E-state index contributed by atoms with van der Waals surface area (Å²) in [5, 5.41) is 3.48. The number of nitrogens with one attached hydrogen (secondary N) is 1. The largest absolute Gasteiger partial charge is 0.497 e. The molecule has 0 spiro atoms.